The molecule has 2 aromatic rings. The van der Waals surface area contributed by atoms with Crippen LogP contribution in [-0.2, 0) is 16.5 Å². The summed E-state index contributed by atoms with van der Waals surface area (Å²) in [6.07, 6.45) is 13.5. The minimum atomic E-state index is -4.45. The van der Waals surface area contributed by atoms with E-state index in [1.807, 2.05) is 24.3 Å². The predicted octanol–water partition coefficient (Wildman–Crippen LogP) is 3.21. The van der Waals surface area contributed by atoms with Gasteiger partial charge in [0.05, 0.1) is 4.90 Å². The number of unbranched alkanes of at least 4 members (excludes halogenated alkanes) is 9. The van der Waals surface area contributed by atoms with Gasteiger partial charge in [0.1, 0.15) is 10.1 Å². The van der Waals surface area contributed by atoms with Crippen LogP contribution < -0.4 is 29.6 Å². The molecule has 2 aromatic carbocycles. The molecule has 0 spiro atoms. The van der Waals surface area contributed by atoms with E-state index < -0.39 is 10.1 Å². The summed E-state index contributed by atoms with van der Waals surface area (Å²) in [6.45, 7) is 2.24. The van der Waals surface area contributed by atoms with Gasteiger partial charge in [-0.2, -0.15) is 0 Å². The molecule has 0 aliphatic rings. The van der Waals surface area contributed by atoms with Crippen molar-refractivity contribution in [2.24, 2.45) is 0 Å². The summed E-state index contributed by atoms with van der Waals surface area (Å²) in [7, 11) is -4.45. The second kappa shape index (κ2) is 12.9. The maximum atomic E-state index is 11.6. The van der Waals surface area contributed by atoms with Crippen molar-refractivity contribution in [3.05, 3.63) is 42.0 Å². The average molecular weight is 399 g/mol. The largest absolute Gasteiger partial charge is 1.00 e. The molecule has 0 aliphatic heterocycles. The van der Waals surface area contributed by atoms with Gasteiger partial charge < -0.3 is 4.55 Å². The van der Waals surface area contributed by atoms with Crippen molar-refractivity contribution in [3.63, 3.8) is 0 Å². The van der Waals surface area contributed by atoms with Crippen molar-refractivity contribution in [1.82, 2.24) is 0 Å². The molecule has 0 unspecified atom stereocenters. The summed E-state index contributed by atoms with van der Waals surface area (Å²) in [4.78, 5) is -0.0855. The average Bonchev–Trinajstić information content (AvgIpc) is 2.62. The molecule has 144 valence electrons. The van der Waals surface area contributed by atoms with E-state index in [0.29, 0.717) is 5.39 Å². The van der Waals surface area contributed by atoms with Crippen LogP contribution in [0.25, 0.3) is 10.8 Å². The minimum absolute atomic E-state index is 0. The van der Waals surface area contributed by atoms with Crippen LogP contribution in [0.1, 0.15) is 76.7 Å². The molecule has 0 bridgehead atoms. The fourth-order valence-corrected chi connectivity index (χ4v) is 4.35. The third kappa shape index (κ3) is 8.25. The quantitative estimate of drug-likeness (QED) is 0.313. The third-order valence-electron chi connectivity index (χ3n) is 5.02. The third-order valence-corrected chi connectivity index (χ3v) is 5.90. The van der Waals surface area contributed by atoms with Crippen LogP contribution in [0.3, 0.4) is 0 Å². The van der Waals surface area contributed by atoms with E-state index in [-0.39, 0.29) is 34.5 Å². The Labute approximate surface area is 187 Å². The fourth-order valence-electron chi connectivity index (χ4n) is 3.60. The molecule has 0 radical (unpaired) electrons. The molecule has 2 rings (SSSR count). The van der Waals surface area contributed by atoms with E-state index in [4.69, 9.17) is 0 Å². The normalized spacial score (nSPS) is 11.5. The topological polar surface area (TPSA) is 57.2 Å². The van der Waals surface area contributed by atoms with Gasteiger partial charge in [0.2, 0.25) is 0 Å². The SMILES string of the molecule is CCCCCCCCCCCCc1cccc2cccc(S(=O)(=O)[O-])c12.[Na+]. The zero-order chi connectivity index (χ0) is 18.8. The maximum Gasteiger partial charge on any atom is 1.00 e. The van der Waals surface area contributed by atoms with Crippen LogP contribution in [0.4, 0.5) is 0 Å². The molecule has 27 heavy (non-hydrogen) atoms. The first kappa shape index (κ1) is 24.6. The summed E-state index contributed by atoms with van der Waals surface area (Å²) in [5, 5.41) is 1.44. The molecule has 3 nitrogen and oxygen atoms in total. The van der Waals surface area contributed by atoms with Crippen LogP contribution in [-0.4, -0.2) is 13.0 Å². The van der Waals surface area contributed by atoms with E-state index in [2.05, 4.69) is 6.92 Å². The number of benzene rings is 2. The number of hydrogen-bond acceptors (Lipinski definition) is 3. The van der Waals surface area contributed by atoms with Gasteiger partial charge in [-0.3, -0.25) is 0 Å². The molecule has 0 heterocycles. The number of hydrogen-bond donors (Lipinski definition) is 0. The predicted molar refractivity (Wildman–Crippen MR) is 107 cm³/mol. The van der Waals surface area contributed by atoms with E-state index in [1.165, 1.54) is 57.4 Å². The minimum Gasteiger partial charge on any atom is -0.744 e. The van der Waals surface area contributed by atoms with Crippen molar-refractivity contribution in [3.8, 4) is 0 Å². The second-order valence-electron chi connectivity index (χ2n) is 7.16. The van der Waals surface area contributed by atoms with Gasteiger partial charge in [0.25, 0.3) is 0 Å². The van der Waals surface area contributed by atoms with E-state index in [1.54, 1.807) is 6.07 Å². The van der Waals surface area contributed by atoms with Gasteiger partial charge in [-0.15, -0.1) is 0 Å². The van der Waals surface area contributed by atoms with Crippen LogP contribution in [0.15, 0.2) is 41.3 Å². The van der Waals surface area contributed by atoms with Gasteiger partial charge >= 0.3 is 29.6 Å². The van der Waals surface area contributed by atoms with Crippen molar-refractivity contribution >= 4 is 20.9 Å². The molecule has 0 aromatic heterocycles. The van der Waals surface area contributed by atoms with Gasteiger partial charge in [-0.1, -0.05) is 95.0 Å². The molecular weight excluding hydrogens is 367 g/mol. The standard InChI is InChI=1S/C22H32O3S.Na/c1-2-3-4-5-6-7-8-9-10-11-14-19-15-12-16-20-17-13-18-21(22(19)20)26(23,24)25;/h12-13,15-18H,2-11,14H2,1H3,(H,23,24,25);/q;+1/p-1. The Morgan fingerprint density at radius 2 is 1.30 bits per heavy atom. The van der Waals surface area contributed by atoms with Crippen molar-refractivity contribution in [1.29, 1.82) is 0 Å². The van der Waals surface area contributed by atoms with Crippen LogP contribution in [0.2, 0.25) is 0 Å². The molecule has 0 saturated carbocycles. The summed E-state index contributed by atoms with van der Waals surface area (Å²) in [6, 6.07) is 10.7. The fraction of sp³-hybridized carbons (Fsp3) is 0.545. The molecule has 0 amide bonds. The Kier molecular flexibility index (Phi) is 11.8. The molecule has 0 aliphatic carbocycles. The second-order valence-corrected chi connectivity index (χ2v) is 8.51. The van der Waals surface area contributed by atoms with Crippen LogP contribution in [0, 0.1) is 0 Å². The Morgan fingerprint density at radius 3 is 1.85 bits per heavy atom. The summed E-state index contributed by atoms with van der Waals surface area (Å²) in [5.41, 5.74) is 0.970. The summed E-state index contributed by atoms with van der Waals surface area (Å²) >= 11 is 0. The summed E-state index contributed by atoms with van der Waals surface area (Å²) in [5.74, 6) is 0. The molecule has 0 saturated heterocycles. The van der Waals surface area contributed by atoms with E-state index in [9.17, 15) is 13.0 Å². The number of rotatable bonds is 12. The Morgan fingerprint density at radius 1 is 0.778 bits per heavy atom. The van der Waals surface area contributed by atoms with Crippen molar-refractivity contribution in [2.75, 3.05) is 0 Å². The van der Waals surface area contributed by atoms with Gasteiger partial charge in [-0.25, -0.2) is 8.42 Å². The zero-order valence-electron chi connectivity index (χ0n) is 16.9. The molecule has 5 heteroatoms. The monoisotopic (exact) mass is 398 g/mol. The van der Waals surface area contributed by atoms with E-state index >= 15 is 0 Å². The Hall–Kier alpha value is -0.390. The molecule has 0 N–H and O–H groups in total. The first-order valence-corrected chi connectivity index (χ1v) is 11.4. The first-order chi connectivity index (χ1) is 12.5. The Balaban J connectivity index is 0.00000364. The maximum absolute atomic E-state index is 11.6. The van der Waals surface area contributed by atoms with Crippen LogP contribution in [0.5, 0.6) is 0 Å². The summed E-state index contributed by atoms with van der Waals surface area (Å²) < 4.78 is 34.8. The van der Waals surface area contributed by atoms with Crippen molar-refractivity contribution in [2.45, 2.75) is 82.4 Å². The van der Waals surface area contributed by atoms with Crippen LogP contribution >= 0.6 is 0 Å². The molecule has 0 fully saturated rings. The zero-order valence-corrected chi connectivity index (χ0v) is 19.7. The van der Waals surface area contributed by atoms with Gasteiger partial charge in [0.15, 0.2) is 0 Å². The number of fused-ring (bicyclic) bond motifs is 1. The molecular formula is C22H31NaO3S. The van der Waals surface area contributed by atoms with Gasteiger partial charge in [0, 0.05) is 5.39 Å². The first-order valence-electron chi connectivity index (χ1n) is 10.0. The molecule has 0 atom stereocenters. The van der Waals surface area contributed by atoms with Gasteiger partial charge in [-0.05, 0) is 29.9 Å². The Bertz CT molecular complexity index is 782. The smallest absolute Gasteiger partial charge is 0.744 e. The van der Waals surface area contributed by atoms with Crippen molar-refractivity contribution < 1.29 is 42.5 Å². The van der Waals surface area contributed by atoms with E-state index in [0.717, 1.165) is 30.2 Å². The number of aryl methyl sites for hydroxylation is 1.